The van der Waals surface area contributed by atoms with Crippen molar-refractivity contribution < 1.29 is 18.0 Å². The van der Waals surface area contributed by atoms with Gasteiger partial charge in [-0.05, 0) is 89.1 Å². The molecule has 1 atom stereocenters. The second-order valence-corrected chi connectivity index (χ2v) is 13.4. The molecule has 0 fully saturated rings. The summed E-state index contributed by atoms with van der Waals surface area (Å²) in [5.41, 5.74) is 2.09. The third-order valence-corrected chi connectivity index (χ3v) is 8.94. The van der Waals surface area contributed by atoms with Crippen molar-refractivity contribution >= 4 is 50.7 Å². The number of rotatable bonds is 9. The van der Waals surface area contributed by atoms with Gasteiger partial charge in [0.15, 0.2) is 0 Å². The van der Waals surface area contributed by atoms with Crippen LogP contribution in [0.5, 0.6) is 0 Å². The molecule has 214 valence electrons. The standard InChI is InChI=1S/C30H35Cl2N3O4S/c1-20-15-16-23(17-21(20)2)35(40(38,39)24-11-8-7-9-12-24)19-28(36)34(22(3)29(37)33-30(4,5)6)18-25-26(31)13-10-14-27(25)32/h7-17,22H,18-19H2,1-6H3,(H,33,37). The Kier molecular flexibility index (Phi) is 9.93. The molecule has 2 amide bonds. The highest BCUT2D eigenvalue weighted by Crippen LogP contribution is 2.29. The van der Waals surface area contributed by atoms with Gasteiger partial charge >= 0.3 is 0 Å². The van der Waals surface area contributed by atoms with Crippen molar-refractivity contribution in [2.45, 2.75) is 64.6 Å². The molecule has 10 heteroatoms. The summed E-state index contributed by atoms with van der Waals surface area (Å²) in [4.78, 5) is 28.6. The minimum absolute atomic E-state index is 0.0419. The highest BCUT2D eigenvalue weighted by molar-refractivity contribution is 7.92. The quantitative estimate of drug-likeness (QED) is 0.318. The number of hydrogen-bond donors (Lipinski definition) is 1. The fraction of sp³-hybridized carbons (Fsp3) is 0.333. The minimum Gasteiger partial charge on any atom is -0.350 e. The fourth-order valence-corrected chi connectivity index (χ4v) is 5.98. The van der Waals surface area contributed by atoms with Gasteiger partial charge in [0.1, 0.15) is 12.6 Å². The first-order valence-electron chi connectivity index (χ1n) is 12.8. The zero-order chi connectivity index (χ0) is 29.8. The summed E-state index contributed by atoms with van der Waals surface area (Å²) < 4.78 is 28.8. The zero-order valence-corrected chi connectivity index (χ0v) is 25.9. The average Bonchev–Trinajstić information content (AvgIpc) is 2.88. The summed E-state index contributed by atoms with van der Waals surface area (Å²) in [7, 11) is -4.14. The second-order valence-electron chi connectivity index (χ2n) is 10.7. The van der Waals surface area contributed by atoms with Crippen molar-refractivity contribution in [2.24, 2.45) is 0 Å². The summed E-state index contributed by atoms with van der Waals surface area (Å²) in [5.74, 6) is -0.988. The van der Waals surface area contributed by atoms with Crippen molar-refractivity contribution in [3.63, 3.8) is 0 Å². The summed E-state index contributed by atoms with van der Waals surface area (Å²) in [6.07, 6.45) is 0. The molecule has 40 heavy (non-hydrogen) atoms. The van der Waals surface area contributed by atoms with Gasteiger partial charge < -0.3 is 10.2 Å². The van der Waals surface area contributed by atoms with Crippen molar-refractivity contribution in [3.05, 3.63) is 93.5 Å². The van der Waals surface area contributed by atoms with Crippen LogP contribution in [0.25, 0.3) is 0 Å². The molecule has 0 spiro atoms. The lowest BCUT2D eigenvalue weighted by molar-refractivity contribution is -0.140. The third-order valence-electron chi connectivity index (χ3n) is 6.44. The van der Waals surface area contributed by atoms with Crippen LogP contribution in [0.1, 0.15) is 44.4 Å². The predicted molar refractivity (Wildman–Crippen MR) is 161 cm³/mol. The second kappa shape index (κ2) is 12.6. The molecule has 3 aromatic rings. The predicted octanol–water partition coefficient (Wildman–Crippen LogP) is 6.14. The number of sulfonamides is 1. The lowest BCUT2D eigenvalue weighted by Gasteiger charge is -2.34. The van der Waals surface area contributed by atoms with Crippen LogP contribution in [0, 0.1) is 13.8 Å². The fourth-order valence-electron chi connectivity index (χ4n) is 4.04. The lowest BCUT2D eigenvalue weighted by atomic mass is 10.1. The molecule has 1 N–H and O–H groups in total. The van der Waals surface area contributed by atoms with E-state index >= 15 is 0 Å². The van der Waals surface area contributed by atoms with E-state index in [1.807, 2.05) is 40.7 Å². The summed E-state index contributed by atoms with van der Waals surface area (Å²) in [5, 5.41) is 3.55. The molecule has 0 aromatic heterocycles. The van der Waals surface area contributed by atoms with Gasteiger partial charge in [0.05, 0.1) is 10.6 Å². The smallest absolute Gasteiger partial charge is 0.264 e. The van der Waals surface area contributed by atoms with Crippen LogP contribution in [-0.2, 0) is 26.2 Å². The maximum absolute atomic E-state index is 14.0. The number of nitrogens with one attached hydrogen (secondary N) is 1. The number of aryl methyl sites for hydroxylation is 2. The van der Waals surface area contributed by atoms with Crippen LogP contribution in [-0.4, -0.2) is 43.3 Å². The Morgan fingerprint density at radius 1 is 0.900 bits per heavy atom. The number of anilines is 1. The molecule has 3 rings (SSSR count). The van der Waals surface area contributed by atoms with Gasteiger partial charge in [0.25, 0.3) is 10.0 Å². The molecular formula is C30H35Cl2N3O4S. The van der Waals surface area contributed by atoms with Gasteiger partial charge in [-0.3, -0.25) is 13.9 Å². The van der Waals surface area contributed by atoms with E-state index in [1.165, 1.54) is 17.0 Å². The third kappa shape index (κ3) is 7.56. The molecular weight excluding hydrogens is 569 g/mol. The highest BCUT2D eigenvalue weighted by Gasteiger charge is 2.34. The van der Waals surface area contributed by atoms with E-state index in [-0.39, 0.29) is 11.4 Å². The molecule has 7 nitrogen and oxygen atoms in total. The summed E-state index contributed by atoms with van der Waals surface area (Å²) >= 11 is 12.9. The van der Waals surface area contributed by atoms with E-state index in [0.717, 1.165) is 15.4 Å². The lowest BCUT2D eigenvalue weighted by Crippen LogP contribution is -2.54. The normalized spacial score (nSPS) is 12.5. The number of halogens is 2. The first-order valence-corrected chi connectivity index (χ1v) is 15.0. The minimum atomic E-state index is -4.14. The van der Waals surface area contributed by atoms with E-state index in [2.05, 4.69) is 5.32 Å². The number of hydrogen-bond acceptors (Lipinski definition) is 4. The molecule has 0 saturated carbocycles. The maximum Gasteiger partial charge on any atom is 0.264 e. The van der Waals surface area contributed by atoms with Crippen LogP contribution < -0.4 is 9.62 Å². The van der Waals surface area contributed by atoms with Gasteiger partial charge in [-0.25, -0.2) is 8.42 Å². The Labute approximate surface area is 247 Å². The Balaban J connectivity index is 2.09. The van der Waals surface area contributed by atoms with Crippen LogP contribution in [0.2, 0.25) is 10.0 Å². The molecule has 0 aliphatic rings. The molecule has 3 aromatic carbocycles. The van der Waals surface area contributed by atoms with Crippen molar-refractivity contribution in [1.29, 1.82) is 0 Å². The average molecular weight is 605 g/mol. The van der Waals surface area contributed by atoms with Crippen LogP contribution in [0.15, 0.2) is 71.6 Å². The molecule has 0 aliphatic heterocycles. The van der Waals surface area contributed by atoms with E-state index in [0.29, 0.717) is 21.3 Å². The molecule has 0 saturated heterocycles. The number of nitrogens with zero attached hydrogens (tertiary/aromatic N) is 2. The van der Waals surface area contributed by atoms with E-state index in [1.54, 1.807) is 55.5 Å². The Morgan fingerprint density at radius 3 is 2.05 bits per heavy atom. The molecule has 0 aliphatic carbocycles. The van der Waals surface area contributed by atoms with Crippen molar-refractivity contribution in [3.8, 4) is 0 Å². The number of carbonyl (C=O) groups is 2. The monoisotopic (exact) mass is 603 g/mol. The van der Waals surface area contributed by atoms with E-state index < -0.39 is 40.0 Å². The summed E-state index contributed by atoms with van der Waals surface area (Å²) in [6, 6.07) is 17.1. The number of amides is 2. The first kappa shape index (κ1) is 31.5. The Morgan fingerprint density at radius 2 is 1.50 bits per heavy atom. The summed E-state index contributed by atoms with van der Waals surface area (Å²) in [6.45, 7) is 10.3. The largest absolute Gasteiger partial charge is 0.350 e. The highest BCUT2D eigenvalue weighted by atomic mass is 35.5. The van der Waals surface area contributed by atoms with Crippen LogP contribution >= 0.6 is 23.2 Å². The molecule has 1 unspecified atom stereocenters. The van der Waals surface area contributed by atoms with Gasteiger partial charge in [0.2, 0.25) is 11.8 Å². The van der Waals surface area contributed by atoms with Gasteiger partial charge in [-0.1, -0.05) is 53.5 Å². The first-order chi connectivity index (χ1) is 18.6. The van der Waals surface area contributed by atoms with Gasteiger partial charge in [-0.2, -0.15) is 0 Å². The van der Waals surface area contributed by atoms with Gasteiger partial charge in [-0.15, -0.1) is 0 Å². The Hall–Kier alpha value is -3.07. The molecule has 0 heterocycles. The Bertz CT molecular complexity index is 1470. The van der Waals surface area contributed by atoms with E-state index in [9.17, 15) is 18.0 Å². The van der Waals surface area contributed by atoms with Crippen molar-refractivity contribution in [1.82, 2.24) is 10.2 Å². The number of benzene rings is 3. The SMILES string of the molecule is Cc1ccc(N(CC(=O)N(Cc2c(Cl)cccc2Cl)C(C)C(=O)NC(C)(C)C)S(=O)(=O)c2ccccc2)cc1C. The van der Waals surface area contributed by atoms with Crippen LogP contribution in [0.4, 0.5) is 5.69 Å². The van der Waals surface area contributed by atoms with Gasteiger partial charge in [0, 0.05) is 27.7 Å². The molecule has 0 bridgehead atoms. The van der Waals surface area contributed by atoms with Crippen molar-refractivity contribution in [2.75, 3.05) is 10.8 Å². The molecule has 0 radical (unpaired) electrons. The number of carbonyl (C=O) groups excluding carboxylic acids is 2. The van der Waals surface area contributed by atoms with Crippen LogP contribution in [0.3, 0.4) is 0 Å². The van der Waals surface area contributed by atoms with E-state index in [4.69, 9.17) is 23.2 Å². The topological polar surface area (TPSA) is 86.8 Å². The maximum atomic E-state index is 14.0. The zero-order valence-electron chi connectivity index (χ0n) is 23.5.